The fourth-order valence-corrected chi connectivity index (χ4v) is 1.53. The summed E-state index contributed by atoms with van der Waals surface area (Å²) in [4.78, 5) is 23.6. The number of hydrogen-bond acceptors (Lipinski definition) is 3. The van der Waals surface area contributed by atoms with Crippen molar-refractivity contribution in [3.8, 4) is 5.75 Å². The molecule has 1 aromatic rings. The standard InChI is InChI=1S/C14H19FN2O4/c1-9(2)21-12-8-10(15)4-5-11(12)16-14(20)17(3)7-6-13(18)19/h4-5,8-9H,6-7H2,1-3H3,(H,16,20)(H,18,19). The first-order valence-electron chi connectivity index (χ1n) is 6.49. The summed E-state index contributed by atoms with van der Waals surface area (Å²) in [6, 6.07) is 3.31. The molecule has 116 valence electrons. The molecule has 0 aliphatic heterocycles. The van der Waals surface area contributed by atoms with Crippen LogP contribution < -0.4 is 10.1 Å². The zero-order valence-electron chi connectivity index (χ0n) is 12.2. The van der Waals surface area contributed by atoms with Gasteiger partial charge in [0.1, 0.15) is 11.6 Å². The minimum atomic E-state index is -0.986. The van der Waals surface area contributed by atoms with E-state index >= 15 is 0 Å². The lowest BCUT2D eigenvalue weighted by molar-refractivity contribution is -0.137. The zero-order valence-corrected chi connectivity index (χ0v) is 12.2. The van der Waals surface area contributed by atoms with Crippen LogP contribution in [0.25, 0.3) is 0 Å². The normalized spacial score (nSPS) is 10.3. The quantitative estimate of drug-likeness (QED) is 0.846. The molecular formula is C14H19FN2O4. The third kappa shape index (κ3) is 5.68. The number of halogens is 1. The van der Waals surface area contributed by atoms with E-state index in [1.54, 1.807) is 13.8 Å². The average molecular weight is 298 g/mol. The topological polar surface area (TPSA) is 78.9 Å². The summed E-state index contributed by atoms with van der Waals surface area (Å²) in [5.41, 5.74) is 0.331. The Labute approximate surface area is 122 Å². The first-order chi connectivity index (χ1) is 9.79. The highest BCUT2D eigenvalue weighted by Gasteiger charge is 2.14. The second kappa shape index (κ2) is 7.47. The fraction of sp³-hybridized carbons (Fsp3) is 0.429. The molecule has 1 rings (SSSR count). The third-order valence-electron chi connectivity index (χ3n) is 2.56. The number of nitrogens with zero attached hydrogens (tertiary/aromatic N) is 1. The van der Waals surface area contributed by atoms with Gasteiger partial charge in [-0.1, -0.05) is 0 Å². The molecule has 0 atom stereocenters. The smallest absolute Gasteiger partial charge is 0.321 e. The highest BCUT2D eigenvalue weighted by atomic mass is 19.1. The summed E-state index contributed by atoms with van der Waals surface area (Å²) in [7, 11) is 1.48. The van der Waals surface area contributed by atoms with Crippen molar-refractivity contribution >= 4 is 17.7 Å². The van der Waals surface area contributed by atoms with Crippen molar-refractivity contribution in [1.82, 2.24) is 4.90 Å². The van der Waals surface area contributed by atoms with Crippen molar-refractivity contribution in [2.75, 3.05) is 18.9 Å². The number of benzene rings is 1. The second-order valence-electron chi connectivity index (χ2n) is 4.80. The Morgan fingerprint density at radius 1 is 1.43 bits per heavy atom. The first kappa shape index (κ1) is 16.7. The molecule has 0 saturated heterocycles. The number of nitrogens with one attached hydrogen (secondary N) is 1. The molecule has 0 saturated carbocycles. The molecule has 1 aromatic carbocycles. The van der Waals surface area contributed by atoms with E-state index in [0.29, 0.717) is 5.69 Å². The largest absolute Gasteiger partial charge is 0.489 e. The predicted octanol–water partition coefficient (Wildman–Crippen LogP) is 2.55. The molecule has 0 aromatic heterocycles. The lowest BCUT2D eigenvalue weighted by Gasteiger charge is -2.19. The molecule has 0 aliphatic rings. The molecule has 0 unspecified atom stereocenters. The van der Waals surface area contributed by atoms with Crippen LogP contribution in [0.15, 0.2) is 18.2 Å². The van der Waals surface area contributed by atoms with Crippen LogP contribution in [-0.2, 0) is 4.79 Å². The molecule has 21 heavy (non-hydrogen) atoms. The second-order valence-corrected chi connectivity index (χ2v) is 4.80. The van der Waals surface area contributed by atoms with Gasteiger partial charge in [-0.2, -0.15) is 0 Å². The number of carbonyl (C=O) groups is 2. The minimum absolute atomic E-state index is 0.0722. The van der Waals surface area contributed by atoms with Gasteiger partial charge < -0.3 is 20.1 Å². The summed E-state index contributed by atoms with van der Waals surface area (Å²) >= 11 is 0. The van der Waals surface area contributed by atoms with E-state index < -0.39 is 17.8 Å². The van der Waals surface area contributed by atoms with Gasteiger partial charge in [0.25, 0.3) is 0 Å². The Hall–Kier alpha value is -2.31. The molecule has 0 spiro atoms. The monoisotopic (exact) mass is 298 g/mol. The number of anilines is 1. The number of carbonyl (C=O) groups excluding carboxylic acids is 1. The maximum atomic E-state index is 13.2. The van der Waals surface area contributed by atoms with Gasteiger partial charge in [-0.05, 0) is 26.0 Å². The Balaban J connectivity index is 2.77. The summed E-state index contributed by atoms with van der Waals surface area (Å²) in [6.45, 7) is 3.65. The predicted molar refractivity (Wildman–Crippen MR) is 76.1 cm³/mol. The number of urea groups is 1. The summed E-state index contributed by atoms with van der Waals surface area (Å²) < 4.78 is 18.7. The van der Waals surface area contributed by atoms with Crippen LogP contribution in [0.4, 0.5) is 14.9 Å². The molecule has 2 amide bonds. The molecule has 2 N–H and O–H groups in total. The van der Waals surface area contributed by atoms with E-state index in [1.807, 2.05) is 0 Å². The van der Waals surface area contributed by atoms with E-state index in [4.69, 9.17) is 9.84 Å². The maximum absolute atomic E-state index is 13.2. The van der Waals surface area contributed by atoms with Crippen LogP contribution in [0, 0.1) is 5.82 Å². The van der Waals surface area contributed by atoms with E-state index in [0.717, 1.165) is 0 Å². The maximum Gasteiger partial charge on any atom is 0.321 e. The fourth-order valence-electron chi connectivity index (χ4n) is 1.53. The van der Waals surface area contributed by atoms with Crippen LogP contribution in [0.1, 0.15) is 20.3 Å². The number of aliphatic carboxylic acids is 1. The van der Waals surface area contributed by atoms with Crippen molar-refractivity contribution in [2.45, 2.75) is 26.4 Å². The van der Waals surface area contributed by atoms with E-state index in [9.17, 15) is 14.0 Å². The van der Waals surface area contributed by atoms with Crippen LogP contribution >= 0.6 is 0 Å². The number of rotatable bonds is 6. The number of amides is 2. The van der Waals surface area contributed by atoms with Crippen LogP contribution in [0.3, 0.4) is 0 Å². The van der Waals surface area contributed by atoms with Crippen molar-refractivity contribution in [3.05, 3.63) is 24.0 Å². The van der Waals surface area contributed by atoms with E-state index in [2.05, 4.69) is 5.32 Å². The molecule has 0 fully saturated rings. The molecular weight excluding hydrogens is 279 g/mol. The number of carboxylic acids is 1. The lowest BCUT2D eigenvalue weighted by Crippen LogP contribution is -2.33. The summed E-state index contributed by atoms with van der Waals surface area (Å²) in [5, 5.41) is 11.2. The number of hydrogen-bond donors (Lipinski definition) is 2. The SMILES string of the molecule is CC(C)Oc1cc(F)ccc1NC(=O)N(C)CCC(=O)O. The first-order valence-corrected chi connectivity index (χ1v) is 6.49. The summed E-state index contributed by atoms with van der Waals surface area (Å²) in [6.07, 6.45) is -0.324. The molecule has 0 radical (unpaired) electrons. The minimum Gasteiger partial charge on any atom is -0.489 e. The van der Waals surface area contributed by atoms with Crippen LogP contribution in [-0.4, -0.2) is 41.7 Å². The van der Waals surface area contributed by atoms with Crippen molar-refractivity contribution in [1.29, 1.82) is 0 Å². The van der Waals surface area contributed by atoms with Crippen LogP contribution in [0.2, 0.25) is 0 Å². The van der Waals surface area contributed by atoms with Gasteiger partial charge in [0, 0.05) is 19.7 Å². The molecule has 7 heteroatoms. The molecule has 0 aliphatic carbocycles. The van der Waals surface area contributed by atoms with Gasteiger partial charge in [0.05, 0.1) is 18.2 Å². The Bertz CT molecular complexity index is 520. The van der Waals surface area contributed by atoms with Gasteiger partial charge in [-0.3, -0.25) is 4.79 Å². The molecule has 0 heterocycles. The van der Waals surface area contributed by atoms with Gasteiger partial charge in [0.2, 0.25) is 0 Å². The van der Waals surface area contributed by atoms with E-state index in [1.165, 1.54) is 30.1 Å². The van der Waals surface area contributed by atoms with Gasteiger partial charge in [-0.15, -0.1) is 0 Å². The Morgan fingerprint density at radius 2 is 2.10 bits per heavy atom. The van der Waals surface area contributed by atoms with E-state index in [-0.39, 0.29) is 24.8 Å². The number of ether oxygens (including phenoxy) is 1. The zero-order chi connectivity index (χ0) is 16.0. The van der Waals surface area contributed by atoms with Gasteiger partial charge in [0.15, 0.2) is 0 Å². The Kier molecular flexibility index (Phi) is 5.95. The molecule has 0 bridgehead atoms. The molecule has 6 nitrogen and oxygen atoms in total. The summed E-state index contributed by atoms with van der Waals surface area (Å²) in [5.74, 6) is -1.23. The number of carboxylic acid groups (broad SMARTS) is 1. The highest BCUT2D eigenvalue weighted by Crippen LogP contribution is 2.26. The highest BCUT2D eigenvalue weighted by molar-refractivity contribution is 5.91. The van der Waals surface area contributed by atoms with Crippen molar-refractivity contribution < 1.29 is 23.8 Å². The van der Waals surface area contributed by atoms with Crippen molar-refractivity contribution in [2.24, 2.45) is 0 Å². The van der Waals surface area contributed by atoms with Gasteiger partial charge in [-0.25, -0.2) is 9.18 Å². The Morgan fingerprint density at radius 3 is 2.67 bits per heavy atom. The third-order valence-corrected chi connectivity index (χ3v) is 2.56. The van der Waals surface area contributed by atoms with Crippen LogP contribution in [0.5, 0.6) is 5.75 Å². The average Bonchev–Trinajstić information content (AvgIpc) is 2.38. The lowest BCUT2D eigenvalue weighted by atomic mass is 10.2. The van der Waals surface area contributed by atoms with Crippen molar-refractivity contribution in [3.63, 3.8) is 0 Å². The van der Waals surface area contributed by atoms with Gasteiger partial charge >= 0.3 is 12.0 Å².